The van der Waals surface area contributed by atoms with Crippen LogP contribution in [0.3, 0.4) is 0 Å². The van der Waals surface area contributed by atoms with Crippen LogP contribution in [0.15, 0.2) is 24.3 Å². The molecule has 1 aromatic rings. The van der Waals surface area contributed by atoms with Crippen LogP contribution in [0.2, 0.25) is 0 Å². The minimum Gasteiger partial charge on any atom is -0.480 e. The molecular formula is C19H25FN4O4. The molecule has 3 rings (SSSR count). The van der Waals surface area contributed by atoms with Gasteiger partial charge < -0.3 is 20.2 Å². The Morgan fingerprint density at radius 1 is 1.36 bits per heavy atom. The SMILES string of the molecule is CCC(C(=O)O)N1C(=O)CNC12CCN(C(=O)NCc1cccc(F)c1)CC2. The van der Waals surface area contributed by atoms with E-state index in [0.717, 1.165) is 0 Å². The number of hydrogen-bond acceptors (Lipinski definition) is 4. The molecule has 9 heteroatoms. The molecule has 0 bridgehead atoms. The lowest BCUT2D eigenvalue weighted by Gasteiger charge is -2.46. The zero-order chi connectivity index (χ0) is 20.3. The molecular weight excluding hydrogens is 367 g/mol. The third kappa shape index (κ3) is 3.94. The zero-order valence-corrected chi connectivity index (χ0v) is 15.8. The Hall–Kier alpha value is -2.68. The first kappa shape index (κ1) is 20.1. The number of hydrogen-bond donors (Lipinski definition) is 3. The van der Waals surface area contributed by atoms with Crippen LogP contribution in [0.4, 0.5) is 9.18 Å². The second kappa shape index (κ2) is 8.14. The number of carbonyl (C=O) groups excluding carboxylic acids is 2. The molecule has 0 aliphatic carbocycles. The number of rotatable bonds is 5. The first-order valence-electron chi connectivity index (χ1n) is 9.43. The Labute approximate surface area is 162 Å². The average molecular weight is 392 g/mol. The number of nitrogens with one attached hydrogen (secondary N) is 2. The zero-order valence-electron chi connectivity index (χ0n) is 15.8. The molecule has 2 aliphatic heterocycles. The summed E-state index contributed by atoms with van der Waals surface area (Å²) >= 11 is 0. The van der Waals surface area contributed by atoms with Gasteiger partial charge in [0.15, 0.2) is 0 Å². The van der Waals surface area contributed by atoms with Crippen molar-refractivity contribution < 1.29 is 23.9 Å². The summed E-state index contributed by atoms with van der Waals surface area (Å²) in [5.41, 5.74) is -0.0570. The first-order valence-corrected chi connectivity index (χ1v) is 9.43. The van der Waals surface area contributed by atoms with Crippen molar-refractivity contribution in [2.45, 2.75) is 44.4 Å². The summed E-state index contributed by atoms with van der Waals surface area (Å²) in [6.45, 7) is 2.85. The van der Waals surface area contributed by atoms with E-state index in [0.29, 0.717) is 37.9 Å². The van der Waals surface area contributed by atoms with Gasteiger partial charge in [-0.15, -0.1) is 0 Å². The van der Waals surface area contributed by atoms with E-state index < -0.39 is 17.7 Å². The Morgan fingerprint density at radius 2 is 2.07 bits per heavy atom. The van der Waals surface area contributed by atoms with Crippen molar-refractivity contribution in [2.24, 2.45) is 0 Å². The maximum Gasteiger partial charge on any atom is 0.326 e. The largest absolute Gasteiger partial charge is 0.480 e. The van der Waals surface area contributed by atoms with Crippen molar-refractivity contribution >= 4 is 17.9 Å². The number of amides is 3. The molecule has 3 N–H and O–H groups in total. The molecule has 28 heavy (non-hydrogen) atoms. The minimum atomic E-state index is -1.02. The van der Waals surface area contributed by atoms with E-state index in [4.69, 9.17) is 0 Å². The molecule has 3 amide bonds. The minimum absolute atomic E-state index is 0.107. The number of aliphatic carboxylic acids is 1. The fourth-order valence-electron chi connectivity index (χ4n) is 4.02. The first-order chi connectivity index (χ1) is 13.4. The Bertz CT molecular complexity index is 764. The average Bonchev–Trinajstić information content (AvgIpc) is 2.97. The molecule has 0 radical (unpaired) electrons. The maximum absolute atomic E-state index is 13.2. The predicted octanol–water partition coefficient (Wildman–Crippen LogP) is 1.12. The summed E-state index contributed by atoms with van der Waals surface area (Å²) in [6, 6.07) is 4.89. The molecule has 2 fully saturated rings. The third-order valence-corrected chi connectivity index (χ3v) is 5.49. The topological polar surface area (TPSA) is 102 Å². The molecule has 0 aromatic heterocycles. The number of carbonyl (C=O) groups is 3. The van der Waals surface area contributed by atoms with Gasteiger partial charge in [-0.05, 0) is 24.1 Å². The summed E-state index contributed by atoms with van der Waals surface area (Å²) in [5.74, 6) is -1.60. The van der Waals surface area contributed by atoms with Crippen LogP contribution in [-0.2, 0) is 16.1 Å². The van der Waals surface area contributed by atoms with Gasteiger partial charge in [-0.2, -0.15) is 0 Å². The molecule has 1 atom stereocenters. The normalized spacial score (nSPS) is 19.7. The van der Waals surface area contributed by atoms with E-state index in [-0.39, 0.29) is 30.8 Å². The molecule has 1 aromatic carbocycles. The highest BCUT2D eigenvalue weighted by Crippen LogP contribution is 2.33. The molecule has 1 spiro atoms. The van der Waals surface area contributed by atoms with E-state index in [9.17, 15) is 23.9 Å². The van der Waals surface area contributed by atoms with Gasteiger partial charge in [0.1, 0.15) is 11.9 Å². The highest BCUT2D eigenvalue weighted by Gasteiger charge is 2.51. The lowest BCUT2D eigenvalue weighted by Crippen LogP contribution is -2.63. The Balaban J connectivity index is 1.60. The lowest BCUT2D eigenvalue weighted by atomic mass is 9.94. The van der Waals surface area contributed by atoms with Crippen LogP contribution < -0.4 is 10.6 Å². The van der Waals surface area contributed by atoms with Crippen LogP contribution in [0.5, 0.6) is 0 Å². The predicted molar refractivity (Wildman–Crippen MR) is 98.7 cm³/mol. The molecule has 2 heterocycles. The number of likely N-dealkylation sites (tertiary alicyclic amines) is 1. The summed E-state index contributed by atoms with van der Waals surface area (Å²) in [6.07, 6.45) is 1.23. The van der Waals surface area contributed by atoms with Gasteiger partial charge in [0, 0.05) is 32.5 Å². The van der Waals surface area contributed by atoms with E-state index >= 15 is 0 Å². The van der Waals surface area contributed by atoms with Crippen LogP contribution in [0.1, 0.15) is 31.7 Å². The fraction of sp³-hybridized carbons (Fsp3) is 0.526. The highest BCUT2D eigenvalue weighted by atomic mass is 19.1. The lowest BCUT2D eigenvalue weighted by molar-refractivity contribution is -0.154. The highest BCUT2D eigenvalue weighted by molar-refractivity contribution is 5.87. The summed E-state index contributed by atoms with van der Waals surface area (Å²) in [4.78, 5) is 39.4. The Morgan fingerprint density at radius 3 is 2.68 bits per heavy atom. The van der Waals surface area contributed by atoms with Crippen LogP contribution in [0, 0.1) is 5.82 Å². The van der Waals surface area contributed by atoms with E-state index in [2.05, 4.69) is 10.6 Å². The van der Waals surface area contributed by atoms with Crippen molar-refractivity contribution in [3.8, 4) is 0 Å². The van der Waals surface area contributed by atoms with Gasteiger partial charge in [-0.25, -0.2) is 14.0 Å². The summed E-state index contributed by atoms with van der Waals surface area (Å²) in [7, 11) is 0. The van der Waals surface area contributed by atoms with Gasteiger partial charge >= 0.3 is 12.0 Å². The monoisotopic (exact) mass is 392 g/mol. The number of piperidine rings is 1. The smallest absolute Gasteiger partial charge is 0.326 e. The fourth-order valence-corrected chi connectivity index (χ4v) is 4.02. The van der Waals surface area contributed by atoms with Crippen LogP contribution >= 0.6 is 0 Å². The van der Waals surface area contributed by atoms with Crippen molar-refractivity contribution in [3.05, 3.63) is 35.6 Å². The molecule has 2 saturated heterocycles. The van der Waals surface area contributed by atoms with Gasteiger partial charge in [0.05, 0.1) is 12.2 Å². The summed E-state index contributed by atoms with van der Waals surface area (Å²) in [5, 5.41) is 15.4. The van der Waals surface area contributed by atoms with E-state index in [1.54, 1.807) is 24.0 Å². The van der Waals surface area contributed by atoms with E-state index in [1.807, 2.05) is 0 Å². The number of benzene rings is 1. The molecule has 152 valence electrons. The molecule has 0 saturated carbocycles. The number of carboxylic acid groups (broad SMARTS) is 1. The summed E-state index contributed by atoms with van der Waals surface area (Å²) < 4.78 is 13.2. The van der Waals surface area contributed by atoms with Gasteiger partial charge in [0.2, 0.25) is 5.91 Å². The number of halogens is 1. The third-order valence-electron chi connectivity index (χ3n) is 5.49. The van der Waals surface area contributed by atoms with Crippen LogP contribution in [0.25, 0.3) is 0 Å². The molecule has 8 nitrogen and oxygen atoms in total. The maximum atomic E-state index is 13.2. The van der Waals surface area contributed by atoms with E-state index in [1.165, 1.54) is 17.0 Å². The second-order valence-corrected chi connectivity index (χ2v) is 7.19. The standard InChI is InChI=1S/C19H25FN4O4/c1-2-15(17(26)27)24-16(25)12-22-19(24)6-8-23(9-7-19)18(28)21-11-13-4-3-5-14(20)10-13/h3-5,10,15,22H,2,6-9,11-12H2,1H3,(H,21,28)(H,26,27). The molecule has 2 aliphatic rings. The van der Waals surface area contributed by atoms with Crippen LogP contribution in [-0.4, -0.2) is 64.2 Å². The number of urea groups is 1. The quantitative estimate of drug-likeness (QED) is 0.697. The van der Waals surface area contributed by atoms with Crippen molar-refractivity contribution in [3.63, 3.8) is 0 Å². The van der Waals surface area contributed by atoms with Gasteiger partial charge in [-0.1, -0.05) is 19.1 Å². The number of nitrogens with zero attached hydrogens (tertiary/aromatic N) is 2. The second-order valence-electron chi connectivity index (χ2n) is 7.19. The van der Waals surface area contributed by atoms with Gasteiger partial charge in [0.25, 0.3) is 0 Å². The van der Waals surface area contributed by atoms with Gasteiger partial charge in [-0.3, -0.25) is 10.1 Å². The van der Waals surface area contributed by atoms with Crippen molar-refractivity contribution in [2.75, 3.05) is 19.6 Å². The molecule has 1 unspecified atom stereocenters. The Kier molecular flexibility index (Phi) is 5.83. The number of carboxylic acids is 1. The van der Waals surface area contributed by atoms with Crippen molar-refractivity contribution in [1.82, 2.24) is 20.4 Å². The van der Waals surface area contributed by atoms with Crippen molar-refractivity contribution in [1.29, 1.82) is 0 Å².